The van der Waals surface area contributed by atoms with Crippen LogP contribution < -0.4 is 4.72 Å². The highest BCUT2D eigenvalue weighted by Crippen LogP contribution is 2.21. The van der Waals surface area contributed by atoms with Crippen LogP contribution in [0.2, 0.25) is 0 Å². The van der Waals surface area contributed by atoms with E-state index in [-0.39, 0.29) is 10.6 Å². The van der Waals surface area contributed by atoms with Gasteiger partial charge in [-0.1, -0.05) is 0 Å². The molecule has 0 aliphatic carbocycles. The first-order chi connectivity index (χ1) is 10.3. The first-order valence-corrected chi connectivity index (χ1v) is 7.78. The lowest BCUT2D eigenvalue weighted by atomic mass is 10.3. The molecule has 0 aliphatic rings. The van der Waals surface area contributed by atoms with E-state index in [2.05, 4.69) is 14.7 Å². The molecule has 0 amide bonds. The summed E-state index contributed by atoms with van der Waals surface area (Å²) >= 11 is 0. The van der Waals surface area contributed by atoms with Gasteiger partial charge in [-0.15, -0.1) is 0 Å². The average Bonchev–Trinajstić information content (AvgIpc) is 2.81. The Morgan fingerprint density at radius 1 is 1.09 bits per heavy atom. The van der Waals surface area contributed by atoms with Gasteiger partial charge in [0.2, 0.25) is 0 Å². The number of sulfonamides is 1. The molecule has 1 aromatic heterocycles. The van der Waals surface area contributed by atoms with E-state index in [1.165, 1.54) is 12.1 Å². The maximum absolute atomic E-state index is 13.1. The monoisotopic (exact) mass is 323 g/mol. The molecule has 2 aromatic carbocycles. The quantitative estimate of drug-likeness (QED) is 0.778. The number of aromatic nitrogens is 2. The second-order valence-electron chi connectivity index (χ2n) is 4.74. The van der Waals surface area contributed by atoms with Crippen molar-refractivity contribution in [1.82, 2.24) is 9.97 Å². The molecule has 8 heteroatoms. The highest BCUT2D eigenvalue weighted by atomic mass is 32.2. The maximum atomic E-state index is 13.1. The Kier molecular flexibility index (Phi) is 3.32. The summed E-state index contributed by atoms with van der Waals surface area (Å²) < 4.78 is 52.8. The largest absolute Gasteiger partial charge is 0.342 e. The first-order valence-electron chi connectivity index (χ1n) is 6.29. The molecule has 0 bridgehead atoms. The normalized spacial score (nSPS) is 11.8. The van der Waals surface area contributed by atoms with Crippen LogP contribution in [0.5, 0.6) is 0 Å². The Morgan fingerprint density at radius 3 is 2.59 bits per heavy atom. The van der Waals surface area contributed by atoms with Gasteiger partial charge in [-0.2, -0.15) is 0 Å². The third-order valence-electron chi connectivity index (χ3n) is 3.05. The molecule has 0 unspecified atom stereocenters. The highest BCUT2D eigenvalue weighted by molar-refractivity contribution is 7.92. The zero-order valence-electron chi connectivity index (χ0n) is 11.4. The van der Waals surface area contributed by atoms with Crippen LogP contribution in [0, 0.1) is 18.6 Å². The summed E-state index contributed by atoms with van der Waals surface area (Å²) in [7, 11) is -3.91. The van der Waals surface area contributed by atoms with Gasteiger partial charge in [0.15, 0.2) is 11.6 Å². The van der Waals surface area contributed by atoms with Crippen LogP contribution in [0.25, 0.3) is 11.0 Å². The molecule has 114 valence electrons. The van der Waals surface area contributed by atoms with Gasteiger partial charge in [-0.05, 0) is 37.3 Å². The number of rotatable bonds is 3. The van der Waals surface area contributed by atoms with Gasteiger partial charge in [0.25, 0.3) is 10.0 Å². The number of aryl methyl sites for hydroxylation is 1. The number of hydrogen-bond donors (Lipinski definition) is 2. The van der Waals surface area contributed by atoms with Crippen LogP contribution in [-0.4, -0.2) is 18.4 Å². The van der Waals surface area contributed by atoms with Gasteiger partial charge in [0.05, 0.1) is 21.6 Å². The van der Waals surface area contributed by atoms with E-state index in [4.69, 9.17) is 0 Å². The molecular weight excluding hydrogens is 312 g/mol. The molecule has 3 rings (SSSR count). The Bertz CT molecular complexity index is 967. The lowest BCUT2D eigenvalue weighted by Crippen LogP contribution is -2.13. The van der Waals surface area contributed by atoms with E-state index in [0.717, 1.165) is 18.2 Å². The van der Waals surface area contributed by atoms with E-state index < -0.39 is 21.7 Å². The third kappa shape index (κ3) is 2.64. The van der Waals surface area contributed by atoms with E-state index in [1.807, 2.05) is 0 Å². The van der Waals surface area contributed by atoms with Gasteiger partial charge < -0.3 is 4.98 Å². The van der Waals surface area contributed by atoms with Crippen molar-refractivity contribution in [2.24, 2.45) is 0 Å². The number of nitrogens with one attached hydrogen (secondary N) is 2. The molecule has 0 saturated heterocycles. The van der Waals surface area contributed by atoms with Gasteiger partial charge in [-0.3, -0.25) is 4.72 Å². The summed E-state index contributed by atoms with van der Waals surface area (Å²) in [5.74, 6) is -1.50. The SMILES string of the molecule is Cc1nc2ccc(S(=O)(=O)Nc3ccc(F)c(F)c3)cc2[nH]1. The zero-order valence-corrected chi connectivity index (χ0v) is 12.2. The summed E-state index contributed by atoms with van der Waals surface area (Å²) in [6, 6.07) is 7.18. The van der Waals surface area contributed by atoms with Gasteiger partial charge in [0, 0.05) is 6.07 Å². The van der Waals surface area contributed by atoms with Crippen LogP contribution in [0.3, 0.4) is 0 Å². The van der Waals surface area contributed by atoms with Crippen molar-refractivity contribution >= 4 is 26.7 Å². The summed E-state index contributed by atoms with van der Waals surface area (Å²) in [4.78, 5) is 7.11. The fraction of sp³-hybridized carbons (Fsp3) is 0.0714. The third-order valence-corrected chi connectivity index (χ3v) is 4.43. The minimum Gasteiger partial charge on any atom is -0.342 e. The molecule has 0 fully saturated rings. The smallest absolute Gasteiger partial charge is 0.261 e. The standard InChI is InChI=1S/C14H11F2N3O2S/c1-8-17-13-5-3-10(7-14(13)18-8)22(20,21)19-9-2-4-11(15)12(16)6-9/h2-7,19H,1H3,(H,17,18). The molecule has 22 heavy (non-hydrogen) atoms. The Hall–Kier alpha value is -2.48. The molecule has 0 saturated carbocycles. The second-order valence-corrected chi connectivity index (χ2v) is 6.42. The number of nitrogens with zero attached hydrogens (tertiary/aromatic N) is 1. The number of imidazole rings is 1. The van der Waals surface area contributed by atoms with Gasteiger partial charge in [-0.25, -0.2) is 22.2 Å². The van der Waals surface area contributed by atoms with Crippen molar-refractivity contribution in [3.8, 4) is 0 Å². The molecule has 0 atom stereocenters. The van der Waals surface area contributed by atoms with Crippen molar-refractivity contribution in [3.05, 3.63) is 53.9 Å². The summed E-state index contributed by atoms with van der Waals surface area (Å²) in [6.45, 7) is 1.76. The van der Waals surface area contributed by atoms with Crippen molar-refractivity contribution in [1.29, 1.82) is 0 Å². The van der Waals surface area contributed by atoms with Crippen molar-refractivity contribution in [3.63, 3.8) is 0 Å². The second kappa shape index (κ2) is 5.06. The van der Waals surface area contributed by atoms with E-state index in [0.29, 0.717) is 16.9 Å². The number of hydrogen-bond acceptors (Lipinski definition) is 3. The molecule has 0 spiro atoms. The predicted molar refractivity (Wildman–Crippen MR) is 78.0 cm³/mol. The Balaban J connectivity index is 1.98. The van der Waals surface area contributed by atoms with Gasteiger partial charge in [0.1, 0.15) is 5.82 Å². The van der Waals surface area contributed by atoms with Crippen LogP contribution in [0.4, 0.5) is 14.5 Å². The fourth-order valence-electron chi connectivity index (χ4n) is 2.06. The van der Waals surface area contributed by atoms with Gasteiger partial charge >= 0.3 is 0 Å². The molecule has 1 heterocycles. The molecular formula is C14H11F2N3O2S. The first kappa shape index (κ1) is 14.5. The lowest BCUT2D eigenvalue weighted by Gasteiger charge is -2.08. The van der Waals surface area contributed by atoms with Crippen molar-refractivity contribution < 1.29 is 17.2 Å². The maximum Gasteiger partial charge on any atom is 0.261 e. The minimum atomic E-state index is -3.91. The van der Waals surface area contributed by atoms with E-state index >= 15 is 0 Å². The topological polar surface area (TPSA) is 74.8 Å². The van der Waals surface area contributed by atoms with E-state index in [9.17, 15) is 17.2 Å². The molecule has 2 N–H and O–H groups in total. The Labute approximate surface area is 125 Å². The number of anilines is 1. The number of aromatic amines is 1. The molecule has 0 radical (unpaired) electrons. The van der Waals surface area contributed by atoms with Crippen LogP contribution in [-0.2, 0) is 10.0 Å². The summed E-state index contributed by atoms with van der Waals surface area (Å²) in [5, 5.41) is 0. The summed E-state index contributed by atoms with van der Waals surface area (Å²) in [6.07, 6.45) is 0. The molecule has 5 nitrogen and oxygen atoms in total. The predicted octanol–water partition coefficient (Wildman–Crippen LogP) is 2.95. The highest BCUT2D eigenvalue weighted by Gasteiger charge is 2.16. The Morgan fingerprint density at radius 2 is 1.86 bits per heavy atom. The fourth-order valence-corrected chi connectivity index (χ4v) is 3.13. The summed E-state index contributed by atoms with van der Waals surface area (Å²) in [5.41, 5.74) is 1.16. The van der Waals surface area contributed by atoms with E-state index in [1.54, 1.807) is 13.0 Å². The zero-order chi connectivity index (χ0) is 15.9. The van der Waals surface area contributed by atoms with Crippen molar-refractivity contribution in [2.75, 3.05) is 4.72 Å². The lowest BCUT2D eigenvalue weighted by molar-refractivity contribution is 0.509. The number of halogens is 2. The van der Waals surface area contributed by atoms with Crippen LogP contribution in [0.15, 0.2) is 41.3 Å². The number of fused-ring (bicyclic) bond motifs is 1. The van der Waals surface area contributed by atoms with Crippen LogP contribution in [0.1, 0.15) is 5.82 Å². The number of H-pyrrole nitrogens is 1. The van der Waals surface area contributed by atoms with Crippen LogP contribution >= 0.6 is 0 Å². The average molecular weight is 323 g/mol. The molecule has 3 aromatic rings. The van der Waals surface area contributed by atoms with Crippen molar-refractivity contribution in [2.45, 2.75) is 11.8 Å². The number of benzene rings is 2. The molecule has 0 aliphatic heterocycles. The minimum absolute atomic E-state index is 0.00613.